The van der Waals surface area contributed by atoms with Crippen LogP contribution in [0.3, 0.4) is 0 Å². The number of ketones is 1. The van der Waals surface area contributed by atoms with Crippen molar-refractivity contribution in [2.75, 3.05) is 27.9 Å². The topological polar surface area (TPSA) is 48.0 Å². The van der Waals surface area contributed by atoms with Gasteiger partial charge in [-0.15, -0.1) is 0 Å². The summed E-state index contributed by atoms with van der Waals surface area (Å²) in [5.41, 5.74) is 0.505. The van der Waals surface area contributed by atoms with Gasteiger partial charge >= 0.3 is 0 Å². The van der Waals surface area contributed by atoms with Crippen molar-refractivity contribution in [1.82, 2.24) is 4.90 Å². The van der Waals surface area contributed by atoms with Crippen molar-refractivity contribution in [3.63, 3.8) is 0 Å². The van der Waals surface area contributed by atoms with E-state index in [2.05, 4.69) is 18.7 Å². The summed E-state index contributed by atoms with van der Waals surface area (Å²) in [5.74, 6) is 1.66. The van der Waals surface area contributed by atoms with Crippen molar-refractivity contribution >= 4 is 5.78 Å². The van der Waals surface area contributed by atoms with Crippen molar-refractivity contribution in [2.24, 2.45) is 0 Å². The van der Waals surface area contributed by atoms with Gasteiger partial charge in [0.1, 0.15) is 22.8 Å². The number of Topliss-reactive ketones (excluding diaryl/α,β-unsaturated/α-hetero) is 1. The quantitative estimate of drug-likeness (QED) is 0.665. The number of likely N-dealkylation sites (tertiary alicyclic amines) is 1. The van der Waals surface area contributed by atoms with Gasteiger partial charge in [-0.25, -0.2) is 0 Å². The second-order valence-corrected chi connectivity index (χ2v) is 6.80. The summed E-state index contributed by atoms with van der Waals surface area (Å²) in [7, 11) is 4.70. The maximum Gasteiger partial charge on any atom is 0.170 e. The van der Waals surface area contributed by atoms with Crippen molar-refractivity contribution in [2.45, 2.75) is 58.0 Å². The number of rotatable bonds is 8. The highest BCUT2D eigenvalue weighted by molar-refractivity contribution is 6.01. The molecule has 2 unspecified atom stereocenters. The van der Waals surface area contributed by atoms with Crippen LogP contribution in [-0.4, -0.2) is 50.6 Å². The molecule has 1 aliphatic rings. The van der Waals surface area contributed by atoms with Crippen molar-refractivity contribution in [3.05, 3.63) is 17.7 Å². The summed E-state index contributed by atoms with van der Waals surface area (Å²) in [4.78, 5) is 15.3. The van der Waals surface area contributed by atoms with Crippen molar-refractivity contribution < 1.29 is 19.0 Å². The Labute approximate surface area is 151 Å². The van der Waals surface area contributed by atoms with Crippen LogP contribution in [0.2, 0.25) is 0 Å². The van der Waals surface area contributed by atoms with E-state index >= 15 is 0 Å². The fourth-order valence-electron chi connectivity index (χ4n) is 3.74. The van der Waals surface area contributed by atoms with Crippen LogP contribution in [0.5, 0.6) is 17.2 Å². The minimum Gasteiger partial charge on any atom is -0.496 e. The maximum absolute atomic E-state index is 12.8. The van der Waals surface area contributed by atoms with Gasteiger partial charge in [-0.1, -0.05) is 6.42 Å². The molecule has 0 spiro atoms. The van der Waals surface area contributed by atoms with E-state index in [1.54, 1.807) is 33.5 Å². The van der Waals surface area contributed by atoms with Crippen molar-refractivity contribution in [1.29, 1.82) is 0 Å². The van der Waals surface area contributed by atoms with Gasteiger partial charge in [-0.05, 0) is 39.7 Å². The first-order chi connectivity index (χ1) is 12.0. The number of nitrogens with zero attached hydrogens (tertiary/aromatic N) is 1. The van der Waals surface area contributed by atoms with Gasteiger partial charge in [-0.2, -0.15) is 0 Å². The van der Waals surface area contributed by atoms with E-state index in [0.717, 1.165) is 13.0 Å². The lowest BCUT2D eigenvalue weighted by Crippen LogP contribution is -2.44. The zero-order valence-corrected chi connectivity index (χ0v) is 16.1. The third kappa shape index (κ3) is 4.66. The molecule has 5 heteroatoms. The molecular formula is C20H31NO4. The predicted octanol–water partition coefficient (Wildman–Crippen LogP) is 3.94. The highest BCUT2D eigenvalue weighted by atomic mass is 16.5. The third-order valence-corrected chi connectivity index (χ3v) is 5.19. The molecular weight excluding hydrogens is 318 g/mol. The van der Waals surface area contributed by atoms with E-state index < -0.39 is 0 Å². The molecule has 0 radical (unpaired) electrons. The highest BCUT2D eigenvalue weighted by Crippen LogP contribution is 2.35. The molecule has 2 rings (SSSR count). The fraction of sp³-hybridized carbons (Fsp3) is 0.650. The summed E-state index contributed by atoms with van der Waals surface area (Å²) in [6.45, 7) is 5.52. The largest absolute Gasteiger partial charge is 0.496 e. The summed E-state index contributed by atoms with van der Waals surface area (Å²) in [6, 6.07) is 4.66. The Morgan fingerprint density at radius 3 is 2.08 bits per heavy atom. The molecule has 5 nitrogen and oxygen atoms in total. The molecule has 0 aliphatic carbocycles. The van der Waals surface area contributed by atoms with Crippen LogP contribution in [0.4, 0.5) is 0 Å². The normalized spacial score (nSPS) is 21.0. The highest BCUT2D eigenvalue weighted by Gasteiger charge is 2.25. The maximum atomic E-state index is 12.8. The minimum absolute atomic E-state index is 0.0497. The summed E-state index contributed by atoms with van der Waals surface area (Å²) in [6.07, 6.45) is 5.12. The Bertz CT molecular complexity index is 552. The van der Waals surface area contributed by atoms with Crippen LogP contribution in [0, 0.1) is 0 Å². The molecule has 1 aromatic carbocycles. The first-order valence-electron chi connectivity index (χ1n) is 9.10. The molecule has 1 saturated heterocycles. The first-order valence-corrected chi connectivity index (χ1v) is 9.10. The zero-order valence-electron chi connectivity index (χ0n) is 16.1. The lowest BCUT2D eigenvalue weighted by Gasteiger charge is -2.39. The molecule has 0 bridgehead atoms. The standard InChI is InChI=1S/C20H31NO4/c1-14-8-6-9-15(2)21(14)11-7-10-17(22)20-18(24-4)12-16(23-3)13-19(20)25-5/h12-15H,6-11H2,1-5H3. The van der Waals surface area contributed by atoms with E-state index in [0.29, 0.717) is 41.3 Å². The Balaban J connectivity index is 2.05. The third-order valence-electron chi connectivity index (χ3n) is 5.19. The average Bonchev–Trinajstić information content (AvgIpc) is 2.62. The first kappa shape index (κ1) is 19.6. The van der Waals surface area contributed by atoms with Gasteiger partial charge in [0.2, 0.25) is 0 Å². The van der Waals surface area contributed by atoms with Crippen LogP contribution in [-0.2, 0) is 0 Å². The predicted molar refractivity (Wildman–Crippen MR) is 99.1 cm³/mol. The fourth-order valence-corrected chi connectivity index (χ4v) is 3.74. The van der Waals surface area contributed by atoms with Gasteiger partial charge in [-0.3, -0.25) is 9.69 Å². The molecule has 2 atom stereocenters. The van der Waals surface area contributed by atoms with Crippen LogP contribution in [0.25, 0.3) is 0 Å². The van der Waals surface area contributed by atoms with Gasteiger partial charge in [0.05, 0.1) is 21.3 Å². The van der Waals surface area contributed by atoms with E-state index in [1.807, 2.05) is 0 Å². The molecule has 0 N–H and O–H groups in total. The number of hydrogen-bond acceptors (Lipinski definition) is 5. The lowest BCUT2D eigenvalue weighted by molar-refractivity contribution is 0.0897. The van der Waals surface area contributed by atoms with Crippen LogP contribution in [0.15, 0.2) is 12.1 Å². The molecule has 0 aromatic heterocycles. The van der Waals surface area contributed by atoms with E-state index in [9.17, 15) is 4.79 Å². The van der Waals surface area contributed by atoms with Gasteiger partial charge in [0.25, 0.3) is 0 Å². The Morgan fingerprint density at radius 1 is 1.04 bits per heavy atom. The minimum atomic E-state index is 0.0497. The van der Waals surface area contributed by atoms with Gasteiger partial charge in [0, 0.05) is 30.6 Å². The molecule has 140 valence electrons. The molecule has 25 heavy (non-hydrogen) atoms. The van der Waals surface area contributed by atoms with Crippen LogP contribution >= 0.6 is 0 Å². The van der Waals surface area contributed by atoms with Crippen LogP contribution < -0.4 is 14.2 Å². The van der Waals surface area contributed by atoms with E-state index in [-0.39, 0.29) is 5.78 Å². The number of carbonyl (C=O) groups excluding carboxylic acids is 1. The van der Waals surface area contributed by atoms with Gasteiger partial charge < -0.3 is 14.2 Å². The number of benzene rings is 1. The molecule has 1 aliphatic heterocycles. The zero-order chi connectivity index (χ0) is 18.4. The number of carbonyl (C=O) groups is 1. The number of hydrogen-bond donors (Lipinski definition) is 0. The van der Waals surface area contributed by atoms with E-state index in [1.165, 1.54) is 19.3 Å². The SMILES string of the molecule is COc1cc(OC)c(C(=O)CCCN2C(C)CCCC2C)c(OC)c1. The Morgan fingerprint density at radius 2 is 1.60 bits per heavy atom. The smallest absolute Gasteiger partial charge is 0.170 e. The second kappa shape index (κ2) is 9.09. The lowest BCUT2D eigenvalue weighted by atomic mass is 9.96. The molecule has 1 aromatic rings. The summed E-state index contributed by atoms with van der Waals surface area (Å²) < 4.78 is 16.0. The average molecular weight is 349 g/mol. The number of ether oxygens (including phenoxy) is 3. The number of piperidine rings is 1. The molecule has 1 fully saturated rings. The monoisotopic (exact) mass is 349 g/mol. The molecule has 1 heterocycles. The summed E-state index contributed by atoms with van der Waals surface area (Å²) in [5, 5.41) is 0. The van der Waals surface area contributed by atoms with Crippen molar-refractivity contribution in [3.8, 4) is 17.2 Å². The number of methoxy groups -OCH3 is 3. The Kier molecular flexibility index (Phi) is 7.12. The molecule has 0 saturated carbocycles. The Hall–Kier alpha value is -1.75. The van der Waals surface area contributed by atoms with Crippen LogP contribution in [0.1, 0.15) is 56.3 Å². The summed E-state index contributed by atoms with van der Waals surface area (Å²) >= 11 is 0. The van der Waals surface area contributed by atoms with Gasteiger partial charge in [0.15, 0.2) is 5.78 Å². The molecule has 0 amide bonds. The second-order valence-electron chi connectivity index (χ2n) is 6.80. The van der Waals surface area contributed by atoms with E-state index in [4.69, 9.17) is 14.2 Å².